The molecule has 96 valence electrons. The molecule has 2 unspecified atom stereocenters. The topological polar surface area (TPSA) is 57.6 Å². The predicted octanol–water partition coefficient (Wildman–Crippen LogP) is 1.21. The van der Waals surface area contributed by atoms with Gasteiger partial charge in [0.25, 0.3) is 0 Å². The van der Waals surface area contributed by atoms with Crippen LogP contribution in [0.5, 0.6) is 0 Å². The van der Waals surface area contributed by atoms with E-state index in [1.807, 2.05) is 6.92 Å². The zero-order valence-corrected chi connectivity index (χ0v) is 11.0. The zero-order valence-electron chi connectivity index (χ0n) is 10.2. The molecular weight excluding hydrogens is 226 g/mol. The fraction of sp³-hybridized carbons (Fsp3) is 1.00. The van der Waals surface area contributed by atoms with E-state index in [-0.39, 0.29) is 6.10 Å². The molecule has 1 aliphatic heterocycles. The Labute approximate surface area is 98.7 Å². The molecule has 0 spiro atoms. The van der Waals surface area contributed by atoms with Gasteiger partial charge in [-0.3, -0.25) is 0 Å². The van der Waals surface area contributed by atoms with Crippen LogP contribution < -0.4 is 0 Å². The first-order valence-electron chi connectivity index (χ1n) is 6.06. The molecule has 0 aromatic rings. The maximum absolute atomic E-state index is 11.4. The third-order valence-corrected chi connectivity index (χ3v) is 4.45. The van der Waals surface area contributed by atoms with Crippen molar-refractivity contribution in [1.82, 2.24) is 4.31 Å². The molecule has 1 heterocycles. The molecule has 4 nitrogen and oxygen atoms in total. The highest BCUT2D eigenvalue weighted by Crippen LogP contribution is 2.23. The van der Waals surface area contributed by atoms with Crippen molar-refractivity contribution in [2.75, 3.05) is 19.3 Å². The molecule has 1 rings (SSSR count). The second kappa shape index (κ2) is 5.98. The van der Waals surface area contributed by atoms with Crippen molar-refractivity contribution < 1.29 is 13.5 Å². The van der Waals surface area contributed by atoms with Crippen molar-refractivity contribution in [2.45, 2.75) is 45.1 Å². The van der Waals surface area contributed by atoms with E-state index in [2.05, 4.69) is 0 Å². The van der Waals surface area contributed by atoms with E-state index in [1.165, 1.54) is 6.26 Å². The summed E-state index contributed by atoms with van der Waals surface area (Å²) in [6.07, 6.45) is 5.47. The smallest absolute Gasteiger partial charge is 0.211 e. The van der Waals surface area contributed by atoms with Gasteiger partial charge in [-0.25, -0.2) is 12.7 Å². The Morgan fingerprint density at radius 3 is 2.75 bits per heavy atom. The number of nitrogens with zero attached hydrogens (tertiary/aromatic N) is 1. The van der Waals surface area contributed by atoms with Gasteiger partial charge in [0, 0.05) is 13.1 Å². The monoisotopic (exact) mass is 249 g/mol. The van der Waals surface area contributed by atoms with E-state index in [4.69, 9.17) is 0 Å². The van der Waals surface area contributed by atoms with Crippen LogP contribution in [-0.4, -0.2) is 43.3 Å². The van der Waals surface area contributed by atoms with Crippen LogP contribution in [0.25, 0.3) is 0 Å². The minimum Gasteiger partial charge on any atom is -0.393 e. The lowest BCUT2D eigenvalue weighted by atomic mass is 9.92. The van der Waals surface area contributed by atoms with Gasteiger partial charge < -0.3 is 5.11 Å². The summed E-state index contributed by atoms with van der Waals surface area (Å²) in [5.41, 5.74) is 0. The quantitative estimate of drug-likeness (QED) is 0.796. The first-order valence-corrected chi connectivity index (χ1v) is 7.91. The Morgan fingerprint density at radius 1 is 1.50 bits per heavy atom. The van der Waals surface area contributed by atoms with Crippen LogP contribution in [0.2, 0.25) is 0 Å². The number of aliphatic hydroxyl groups is 1. The van der Waals surface area contributed by atoms with Crippen LogP contribution >= 0.6 is 0 Å². The average Bonchev–Trinajstić information content (AvgIpc) is 2.17. The summed E-state index contributed by atoms with van der Waals surface area (Å²) >= 11 is 0. The van der Waals surface area contributed by atoms with Crippen molar-refractivity contribution in [2.24, 2.45) is 5.92 Å². The van der Waals surface area contributed by atoms with E-state index in [0.29, 0.717) is 19.0 Å². The predicted molar refractivity (Wildman–Crippen MR) is 64.7 cm³/mol. The number of hydrogen-bond acceptors (Lipinski definition) is 3. The fourth-order valence-corrected chi connectivity index (χ4v) is 3.30. The van der Waals surface area contributed by atoms with Crippen LogP contribution in [0.4, 0.5) is 0 Å². The molecule has 16 heavy (non-hydrogen) atoms. The summed E-state index contributed by atoms with van der Waals surface area (Å²) < 4.78 is 24.4. The number of sulfonamides is 1. The standard InChI is InChI=1S/C11H23NO3S/c1-3-5-11(13)8-10-6-4-7-12(9-10)16(2,14)15/h10-11,13H,3-9H2,1-2H3. The van der Waals surface area contributed by atoms with Gasteiger partial charge in [-0.15, -0.1) is 0 Å². The number of hydrogen-bond donors (Lipinski definition) is 1. The average molecular weight is 249 g/mol. The second-order valence-corrected chi connectivity index (χ2v) is 6.79. The third kappa shape index (κ3) is 4.39. The Morgan fingerprint density at radius 2 is 2.19 bits per heavy atom. The van der Waals surface area contributed by atoms with Crippen LogP contribution in [0.1, 0.15) is 39.0 Å². The molecule has 0 aromatic carbocycles. The Bertz CT molecular complexity index is 302. The highest BCUT2D eigenvalue weighted by Gasteiger charge is 2.26. The highest BCUT2D eigenvalue weighted by molar-refractivity contribution is 7.88. The van der Waals surface area contributed by atoms with Gasteiger partial charge in [-0.05, 0) is 31.6 Å². The molecule has 0 aliphatic carbocycles. The van der Waals surface area contributed by atoms with Gasteiger partial charge in [-0.2, -0.15) is 0 Å². The van der Waals surface area contributed by atoms with E-state index < -0.39 is 10.0 Å². The highest BCUT2D eigenvalue weighted by atomic mass is 32.2. The molecule has 1 fully saturated rings. The second-order valence-electron chi connectivity index (χ2n) is 4.81. The van der Waals surface area contributed by atoms with Gasteiger partial charge in [-0.1, -0.05) is 13.3 Å². The lowest BCUT2D eigenvalue weighted by Gasteiger charge is -2.31. The number of piperidine rings is 1. The van der Waals surface area contributed by atoms with Crippen molar-refractivity contribution in [3.63, 3.8) is 0 Å². The molecule has 0 amide bonds. The molecule has 0 aromatic heterocycles. The minimum atomic E-state index is -3.06. The van der Waals surface area contributed by atoms with Crippen molar-refractivity contribution in [1.29, 1.82) is 0 Å². The van der Waals surface area contributed by atoms with Crippen molar-refractivity contribution >= 4 is 10.0 Å². The summed E-state index contributed by atoms with van der Waals surface area (Å²) in [7, 11) is -3.06. The molecular formula is C11H23NO3S. The maximum atomic E-state index is 11.4. The van der Waals surface area contributed by atoms with E-state index in [9.17, 15) is 13.5 Å². The first-order chi connectivity index (χ1) is 7.43. The first kappa shape index (κ1) is 13.9. The summed E-state index contributed by atoms with van der Waals surface area (Å²) in [4.78, 5) is 0. The summed E-state index contributed by atoms with van der Waals surface area (Å²) in [6, 6.07) is 0. The molecule has 1 N–H and O–H groups in total. The van der Waals surface area contributed by atoms with Crippen LogP contribution in [0.3, 0.4) is 0 Å². The summed E-state index contributed by atoms with van der Waals surface area (Å²) in [5.74, 6) is 0.324. The van der Waals surface area contributed by atoms with E-state index in [1.54, 1.807) is 4.31 Å². The SMILES string of the molecule is CCCC(O)CC1CCCN(S(C)(=O)=O)C1. The summed E-state index contributed by atoms with van der Waals surface area (Å²) in [5, 5.41) is 9.72. The lowest BCUT2D eigenvalue weighted by Crippen LogP contribution is -2.40. The fourth-order valence-electron chi connectivity index (χ4n) is 2.36. The molecule has 1 saturated heterocycles. The molecule has 0 saturated carbocycles. The zero-order chi connectivity index (χ0) is 12.2. The van der Waals surface area contributed by atoms with Crippen LogP contribution in [-0.2, 0) is 10.0 Å². The van der Waals surface area contributed by atoms with Crippen molar-refractivity contribution in [3.8, 4) is 0 Å². The van der Waals surface area contributed by atoms with Crippen LogP contribution in [0.15, 0.2) is 0 Å². The molecule has 1 aliphatic rings. The molecule has 5 heteroatoms. The van der Waals surface area contributed by atoms with E-state index >= 15 is 0 Å². The number of rotatable bonds is 5. The van der Waals surface area contributed by atoms with Gasteiger partial charge in [0.05, 0.1) is 12.4 Å². The van der Waals surface area contributed by atoms with Gasteiger partial charge in [0.2, 0.25) is 10.0 Å². The van der Waals surface area contributed by atoms with E-state index in [0.717, 1.165) is 32.1 Å². The van der Waals surface area contributed by atoms with Gasteiger partial charge in [0.15, 0.2) is 0 Å². The summed E-state index contributed by atoms with van der Waals surface area (Å²) in [6.45, 7) is 3.27. The molecule has 0 bridgehead atoms. The third-order valence-electron chi connectivity index (χ3n) is 3.18. The lowest BCUT2D eigenvalue weighted by molar-refractivity contribution is 0.114. The van der Waals surface area contributed by atoms with Gasteiger partial charge >= 0.3 is 0 Å². The maximum Gasteiger partial charge on any atom is 0.211 e. The van der Waals surface area contributed by atoms with Crippen molar-refractivity contribution in [3.05, 3.63) is 0 Å². The largest absolute Gasteiger partial charge is 0.393 e. The Kier molecular flexibility index (Phi) is 5.21. The Balaban J connectivity index is 2.45. The number of aliphatic hydroxyl groups excluding tert-OH is 1. The van der Waals surface area contributed by atoms with Crippen LogP contribution in [0, 0.1) is 5.92 Å². The van der Waals surface area contributed by atoms with Gasteiger partial charge in [0.1, 0.15) is 0 Å². The Hall–Kier alpha value is -0.130. The molecule has 0 radical (unpaired) electrons. The minimum absolute atomic E-state index is 0.269. The normalized spacial score (nSPS) is 25.6. The molecule has 2 atom stereocenters.